The summed E-state index contributed by atoms with van der Waals surface area (Å²) < 4.78 is 0. The molecule has 1 aliphatic heterocycles. The van der Waals surface area contributed by atoms with Gasteiger partial charge in [-0.3, -0.25) is 9.69 Å². The molecule has 1 N–H and O–H groups in total. The van der Waals surface area contributed by atoms with Crippen LogP contribution in [0.1, 0.15) is 24.8 Å². The van der Waals surface area contributed by atoms with Crippen molar-refractivity contribution in [2.45, 2.75) is 25.3 Å². The normalized spacial score (nSPS) is 25.2. The summed E-state index contributed by atoms with van der Waals surface area (Å²) in [7, 11) is 0. The predicted molar refractivity (Wildman–Crippen MR) is 72.5 cm³/mol. The third-order valence-electron chi connectivity index (χ3n) is 4.17. The van der Waals surface area contributed by atoms with E-state index in [2.05, 4.69) is 16.3 Å². The molecular formula is C15H17N3O. The van der Waals surface area contributed by atoms with E-state index >= 15 is 0 Å². The fourth-order valence-corrected chi connectivity index (χ4v) is 3.23. The fraction of sp³-hybridized carbons (Fsp3) is 0.467. The molecule has 2 bridgehead atoms. The highest BCUT2D eigenvalue weighted by Gasteiger charge is 2.38. The largest absolute Gasteiger partial charge is 0.325 e. The first-order chi connectivity index (χ1) is 9.24. The highest BCUT2D eigenvalue weighted by molar-refractivity contribution is 5.92. The maximum atomic E-state index is 12.0. The molecular weight excluding hydrogens is 238 g/mol. The smallest absolute Gasteiger partial charge is 0.238 e. The Kier molecular flexibility index (Phi) is 3.22. The SMILES string of the molecule is N#Cc1ccc(NC(=O)CN2CC3CCC2C3)cc1. The van der Waals surface area contributed by atoms with E-state index < -0.39 is 0 Å². The summed E-state index contributed by atoms with van der Waals surface area (Å²) in [6.07, 6.45) is 3.84. The van der Waals surface area contributed by atoms with Crippen LogP contribution in [0.3, 0.4) is 0 Å². The van der Waals surface area contributed by atoms with E-state index in [-0.39, 0.29) is 5.91 Å². The Labute approximate surface area is 113 Å². The van der Waals surface area contributed by atoms with Crippen molar-refractivity contribution in [3.63, 3.8) is 0 Å². The first kappa shape index (κ1) is 12.2. The van der Waals surface area contributed by atoms with Crippen LogP contribution in [0.4, 0.5) is 5.69 Å². The molecule has 0 radical (unpaired) electrons. The Balaban J connectivity index is 1.55. The number of fused-ring (bicyclic) bond motifs is 2. The fourth-order valence-electron chi connectivity index (χ4n) is 3.23. The summed E-state index contributed by atoms with van der Waals surface area (Å²) in [6.45, 7) is 1.56. The number of hydrogen-bond acceptors (Lipinski definition) is 3. The second kappa shape index (κ2) is 5.02. The van der Waals surface area contributed by atoms with Crippen molar-refractivity contribution >= 4 is 11.6 Å². The Hall–Kier alpha value is -1.86. The van der Waals surface area contributed by atoms with Crippen molar-refractivity contribution in [1.29, 1.82) is 5.26 Å². The van der Waals surface area contributed by atoms with Gasteiger partial charge in [-0.1, -0.05) is 0 Å². The first-order valence-corrected chi connectivity index (χ1v) is 6.78. The molecule has 2 atom stereocenters. The minimum atomic E-state index is 0.0391. The molecule has 3 rings (SSSR count). The maximum Gasteiger partial charge on any atom is 0.238 e. The lowest BCUT2D eigenvalue weighted by Crippen LogP contribution is -2.38. The minimum absolute atomic E-state index is 0.0391. The number of piperidine rings is 1. The van der Waals surface area contributed by atoms with Crippen LogP contribution in [0.2, 0.25) is 0 Å². The number of nitrogens with one attached hydrogen (secondary N) is 1. The Morgan fingerprint density at radius 3 is 2.74 bits per heavy atom. The van der Waals surface area contributed by atoms with Gasteiger partial charge in [0.25, 0.3) is 0 Å². The second-order valence-corrected chi connectivity index (χ2v) is 5.50. The lowest BCUT2D eigenvalue weighted by molar-refractivity contribution is -0.117. The van der Waals surface area contributed by atoms with Crippen molar-refractivity contribution < 1.29 is 4.79 Å². The van der Waals surface area contributed by atoms with Gasteiger partial charge in [0, 0.05) is 18.3 Å². The number of likely N-dealkylation sites (tertiary alicyclic amines) is 1. The Morgan fingerprint density at radius 2 is 2.16 bits per heavy atom. The van der Waals surface area contributed by atoms with Gasteiger partial charge in [0.15, 0.2) is 0 Å². The summed E-state index contributed by atoms with van der Waals surface area (Å²) in [5.74, 6) is 0.852. The molecule has 1 heterocycles. The molecule has 1 amide bonds. The van der Waals surface area contributed by atoms with Gasteiger partial charge >= 0.3 is 0 Å². The molecule has 2 fully saturated rings. The van der Waals surface area contributed by atoms with Gasteiger partial charge in [-0.25, -0.2) is 0 Å². The number of nitrogens with zero attached hydrogens (tertiary/aromatic N) is 2. The van der Waals surface area contributed by atoms with Crippen LogP contribution in [0, 0.1) is 17.2 Å². The summed E-state index contributed by atoms with van der Waals surface area (Å²) in [5, 5.41) is 11.6. The number of nitriles is 1. The quantitative estimate of drug-likeness (QED) is 0.898. The molecule has 1 saturated carbocycles. The molecule has 2 unspecified atom stereocenters. The molecule has 2 aliphatic rings. The van der Waals surface area contributed by atoms with E-state index in [9.17, 15) is 4.79 Å². The number of anilines is 1. The summed E-state index contributed by atoms with van der Waals surface area (Å²) in [5.41, 5.74) is 1.36. The van der Waals surface area contributed by atoms with E-state index in [0.717, 1.165) is 18.2 Å². The van der Waals surface area contributed by atoms with E-state index in [4.69, 9.17) is 5.26 Å². The van der Waals surface area contributed by atoms with Crippen molar-refractivity contribution in [3.8, 4) is 6.07 Å². The zero-order valence-corrected chi connectivity index (χ0v) is 10.8. The summed E-state index contributed by atoms with van der Waals surface area (Å²) in [4.78, 5) is 14.3. The van der Waals surface area contributed by atoms with E-state index in [0.29, 0.717) is 18.2 Å². The maximum absolute atomic E-state index is 12.0. The second-order valence-electron chi connectivity index (χ2n) is 5.50. The molecule has 0 aromatic heterocycles. The molecule has 0 spiro atoms. The highest BCUT2D eigenvalue weighted by Crippen LogP contribution is 2.36. The van der Waals surface area contributed by atoms with E-state index in [1.165, 1.54) is 19.3 Å². The lowest BCUT2D eigenvalue weighted by atomic mass is 10.1. The summed E-state index contributed by atoms with van der Waals surface area (Å²) in [6, 6.07) is 9.66. The lowest BCUT2D eigenvalue weighted by Gasteiger charge is -2.25. The van der Waals surface area contributed by atoms with Gasteiger partial charge in [-0.2, -0.15) is 5.26 Å². The minimum Gasteiger partial charge on any atom is -0.325 e. The van der Waals surface area contributed by atoms with Gasteiger partial charge in [-0.15, -0.1) is 0 Å². The van der Waals surface area contributed by atoms with Crippen molar-refractivity contribution in [2.75, 3.05) is 18.4 Å². The van der Waals surface area contributed by atoms with Crippen LogP contribution in [-0.2, 0) is 4.79 Å². The zero-order chi connectivity index (χ0) is 13.2. The van der Waals surface area contributed by atoms with Gasteiger partial charge in [0.2, 0.25) is 5.91 Å². The first-order valence-electron chi connectivity index (χ1n) is 6.78. The number of carbonyl (C=O) groups excluding carboxylic acids is 1. The van der Waals surface area contributed by atoms with Gasteiger partial charge in [0.05, 0.1) is 18.2 Å². The van der Waals surface area contributed by atoms with E-state index in [1.54, 1.807) is 24.3 Å². The Morgan fingerprint density at radius 1 is 1.37 bits per heavy atom. The standard InChI is InChI=1S/C15H17N3O/c16-8-11-1-4-13(5-2-11)17-15(19)10-18-9-12-3-6-14(18)7-12/h1-2,4-5,12,14H,3,6-7,9-10H2,(H,17,19). The molecule has 1 aliphatic carbocycles. The van der Waals surface area contributed by atoms with E-state index in [1.807, 2.05) is 0 Å². The van der Waals surface area contributed by atoms with Crippen molar-refractivity contribution in [2.24, 2.45) is 5.92 Å². The number of carbonyl (C=O) groups is 1. The van der Waals surface area contributed by atoms with Crippen LogP contribution in [0.5, 0.6) is 0 Å². The van der Waals surface area contributed by atoms with Crippen LogP contribution in [0.15, 0.2) is 24.3 Å². The predicted octanol–water partition coefficient (Wildman–Crippen LogP) is 1.98. The third-order valence-corrected chi connectivity index (χ3v) is 4.17. The highest BCUT2D eigenvalue weighted by atomic mass is 16.2. The van der Waals surface area contributed by atoms with Crippen LogP contribution < -0.4 is 5.32 Å². The van der Waals surface area contributed by atoms with Gasteiger partial charge < -0.3 is 5.32 Å². The molecule has 4 nitrogen and oxygen atoms in total. The topological polar surface area (TPSA) is 56.1 Å². The molecule has 1 aromatic rings. The molecule has 98 valence electrons. The molecule has 1 saturated heterocycles. The van der Waals surface area contributed by atoms with Crippen molar-refractivity contribution in [3.05, 3.63) is 29.8 Å². The van der Waals surface area contributed by atoms with Crippen LogP contribution in [-0.4, -0.2) is 29.9 Å². The van der Waals surface area contributed by atoms with Crippen LogP contribution >= 0.6 is 0 Å². The monoisotopic (exact) mass is 255 g/mol. The zero-order valence-electron chi connectivity index (χ0n) is 10.8. The molecule has 1 aromatic carbocycles. The number of benzene rings is 1. The van der Waals surface area contributed by atoms with Crippen molar-refractivity contribution in [1.82, 2.24) is 4.90 Å². The van der Waals surface area contributed by atoms with Crippen LogP contribution in [0.25, 0.3) is 0 Å². The average molecular weight is 255 g/mol. The third kappa shape index (κ3) is 2.61. The van der Waals surface area contributed by atoms with Gasteiger partial charge in [-0.05, 0) is 49.4 Å². The number of amides is 1. The molecule has 19 heavy (non-hydrogen) atoms. The average Bonchev–Trinajstić information content (AvgIpc) is 3.02. The Bertz CT molecular complexity index is 517. The number of rotatable bonds is 3. The van der Waals surface area contributed by atoms with Gasteiger partial charge in [0.1, 0.15) is 0 Å². The molecule has 4 heteroatoms. The number of hydrogen-bond donors (Lipinski definition) is 1. The summed E-state index contributed by atoms with van der Waals surface area (Å²) >= 11 is 0.